The molecule has 0 radical (unpaired) electrons. The molecule has 0 saturated carbocycles. The van der Waals surface area contributed by atoms with Crippen molar-refractivity contribution in [2.45, 2.75) is 0 Å². The van der Waals surface area contributed by atoms with Crippen molar-refractivity contribution in [3.63, 3.8) is 0 Å². The Morgan fingerprint density at radius 2 is 1.87 bits per heavy atom. The van der Waals surface area contributed by atoms with Gasteiger partial charge in [-0.15, -0.1) is 0 Å². The molecule has 6 nitrogen and oxygen atoms in total. The van der Waals surface area contributed by atoms with Gasteiger partial charge >= 0.3 is 0 Å². The van der Waals surface area contributed by atoms with Crippen LogP contribution < -0.4 is 5.43 Å². The number of fused-ring (bicyclic) bond motifs is 1. The summed E-state index contributed by atoms with van der Waals surface area (Å²) >= 11 is 5.93. The standard InChI is InChI=1S/C16H8ClN5O/c17-11-3-6-15-14(7-11)20-16(23-15)10-1-4-12(5-2-10)21-22-13(8-18)9-19/h1-7,21H. The smallest absolute Gasteiger partial charge is 0.237 e. The fourth-order valence-electron chi connectivity index (χ4n) is 1.91. The summed E-state index contributed by atoms with van der Waals surface area (Å²) in [6, 6.07) is 15.7. The molecule has 3 aromatic rings. The zero-order chi connectivity index (χ0) is 16.2. The molecule has 110 valence electrons. The van der Waals surface area contributed by atoms with E-state index in [-0.39, 0.29) is 5.71 Å². The number of halogens is 1. The molecule has 0 saturated heterocycles. The SMILES string of the molecule is N#CC(C#N)=NNc1ccc(-c2nc3cc(Cl)ccc3o2)cc1. The summed E-state index contributed by atoms with van der Waals surface area (Å²) in [4.78, 5) is 4.39. The van der Waals surface area contributed by atoms with Gasteiger partial charge < -0.3 is 4.42 Å². The van der Waals surface area contributed by atoms with E-state index in [1.165, 1.54) is 0 Å². The first-order valence-electron chi connectivity index (χ1n) is 6.50. The molecule has 0 unspecified atom stereocenters. The molecule has 1 heterocycles. The Kier molecular flexibility index (Phi) is 3.92. The van der Waals surface area contributed by atoms with Crippen LogP contribution in [0.4, 0.5) is 5.69 Å². The third-order valence-corrected chi connectivity index (χ3v) is 3.23. The lowest BCUT2D eigenvalue weighted by Crippen LogP contribution is -1.96. The third-order valence-electron chi connectivity index (χ3n) is 2.99. The van der Waals surface area contributed by atoms with E-state index in [2.05, 4.69) is 15.5 Å². The molecule has 0 aliphatic heterocycles. The molecule has 3 rings (SSSR count). The summed E-state index contributed by atoms with van der Waals surface area (Å²) in [5.41, 5.74) is 5.15. The van der Waals surface area contributed by atoms with Crippen LogP contribution in [0.2, 0.25) is 5.02 Å². The van der Waals surface area contributed by atoms with Crippen LogP contribution in [0.15, 0.2) is 52.0 Å². The number of hydrazone groups is 1. The van der Waals surface area contributed by atoms with Crippen LogP contribution in [0, 0.1) is 22.7 Å². The van der Waals surface area contributed by atoms with Crippen molar-refractivity contribution in [1.82, 2.24) is 4.98 Å². The second kappa shape index (κ2) is 6.18. The maximum absolute atomic E-state index is 8.61. The third kappa shape index (κ3) is 3.13. The average molecular weight is 322 g/mol. The molecule has 0 spiro atoms. The monoisotopic (exact) mass is 321 g/mol. The van der Waals surface area contributed by atoms with E-state index in [0.29, 0.717) is 27.7 Å². The highest BCUT2D eigenvalue weighted by Crippen LogP contribution is 2.26. The van der Waals surface area contributed by atoms with Crippen molar-refractivity contribution >= 4 is 34.1 Å². The predicted octanol–water partition coefficient (Wildman–Crippen LogP) is 3.96. The maximum Gasteiger partial charge on any atom is 0.237 e. The second-order valence-electron chi connectivity index (χ2n) is 4.50. The highest BCUT2D eigenvalue weighted by Gasteiger charge is 2.08. The summed E-state index contributed by atoms with van der Waals surface area (Å²) in [6.07, 6.45) is 0. The number of nitrogens with zero attached hydrogens (tertiary/aromatic N) is 4. The molecule has 0 amide bonds. The summed E-state index contributed by atoms with van der Waals surface area (Å²) < 4.78 is 5.68. The molecule has 0 atom stereocenters. The fourth-order valence-corrected chi connectivity index (χ4v) is 2.07. The summed E-state index contributed by atoms with van der Waals surface area (Å²) in [7, 11) is 0. The van der Waals surface area contributed by atoms with Gasteiger partial charge in [-0.05, 0) is 42.5 Å². The van der Waals surface area contributed by atoms with Gasteiger partial charge in [0.15, 0.2) is 5.58 Å². The van der Waals surface area contributed by atoms with E-state index >= 15 is 0 Å². The van der Waals surface area contributed by atoms with E-state index in [0.717, 1.165) is 5.56 Å². The quantitative estimate of drug-likeness (QED) is 0.581. The van der Waals surface area contributed by atoms with Crippen LogP contribution >= 0.6 is 11.6 Å². The van der Waals surface area contributed by atoms with Gasteiger partial charge in [-0.1, -0.05) is 11.6 Å². The minimum atomic E-state index is -0.245. The highest BCUT2D eigenvalue weighted by atomic mass is 35.5. The number of nitriles is 2. The topological polar surface area (TPSA) is 98.0 Å². The molecule has 7 heteroatoms. The molecule has 1 aromatic heterocycles. The number of rotatable bonds is 3. The lowest BCUT2D eigenvalue weighted by atomic mass is 10.2. The number of oxazole rings is 1. The van der Waals surface area contributed by atoms with Gasteiger partial charge in [0.05, 0.1) is 5.69 Å². The van der Waals surface area contributed by atoms with Gasteiger partial charge in [0.1, 0.15) is 17.7 Å². The minimum Gasteiger partial charge on any atom is -0.436 e. The van der Waals surface area contributed by atoms with Gasteiger partial charge in [-0.3, -0.25) is 5.43 Å². The number of nitrogens with one attached hydrogen (secondary N) is 1. The van der Waals surface area contributed by atoms with Crippen LogP contribution in [-0.2, 0) is 0 Å². The zero-order valence-corrected chi connectivity index (χ0v) is 12.4. The Bertz CT molecular complexity index is 960. The zero-order valence-electron chi connectivity index (χ0n) is 11.6. The van der Waals surface area contributed by atoms with Crippen LogP contribution in [0.3, 0.4) is 0 Å². The molecule has 2 aromatic carbocycles. The van der Waals surface area contributed by atoms with Crippen molar-refractivity contribution in [3.8, 4) is 23.6 Å². The fraction of sp³-hybridized carbons (Fsp3) is 0. The molecule has 0 bridgehead atoms. The van der Waals surface area contributed by atoms with Crippen molar-refractivity contribution in [2.75, 3.05) is 5.43 Å². The molecule has 1 N–H and O–H groups in total. The van der Waals surface area contributed by atoms with Gasteiger partial charge in [-0.2, -0.15) is 15.6 Å². The first kappa shape index (κ1) is 14.6. The summed E-state index contributed by atoms with van der Waals surface area (Å²) in [6.45, 7) is 0. The van der Waals surface area contributed by atoms with E-state index in [1.807, 2.05) is 0 Å². The summed E-state index contributed by atoms with van der Waals surface area (Å²) in [5, 5.41) is 21.5. The predicted molar refractivity (Wildman–Crippen MR) is 86.7 cm³/mol. The number of benzene rings is 2. The van der Waals surface area contributed by atoms with E-state index in [1.54, 1.807) is 54.6 Å². The average Bonchev–Trinajstić information content (AvgIpc) is 2.99. The van der Waals surface area contributed by atoms with Crippen LogP contribution in [-0.4, -0.2) is 10.7 Å². The second-order valence-corrected chi connectivity index (χ2v) is 4.94. The van der Waals surface area contributed by atoms with E-state index < -0.39 is 0 Å². The Morgan fingerprint density at radius 1 is 1.13 bits per heavy atom. The molecule has 0 aliphatic rings. The van der Waals surface area contributed by atoms with Gasteiger partial charge in [0.2, 0.25) is 11.6 Å². The van der Waals surface area contributed by atoms with Crippen LogP contribution in [0.5, 0.6) is 0 Å². The molecule has 0 aliphatic carbocycles. The molecule has 0 fully saturated rings. The Labute approximate surface area is 136 Å². The Morgan fingerprint density at radius 3 is 2.57 bits per heavy atom. The van der Waals surface area contributed by atoms with Gasteiger partial charge in [-0.25, -0.2) is 4.98 Å². The number of aromatic nitrogens is 1. The van der Waals surface area contributed by atoms with Crippen molar-refractivity contribution in [1.29, 1.82) is 10.5 Å². The summed E-state index contributed by atoms with van der Waals surface area (Å²) in [5.74, 6) is 0.479. The lowest BCUT2D eigenvalue weighted by Gasteiger charge is -2.00. The first-order valence-corrected chi connectivity index (χ1v) is 6.88. The minimum absolute atomic E-state index is 0.245. The van der Waals surface area contributed by atoms with Gasteiger partial charge in [0.25, 0.3) is 0 Å². The molecular formula is C16H8ClN5O. The number of hydrogen-bond donors (Lipinski definition) is 1. The molecular weight excluding hydrogens is 314 g/mol. The van der Waals surface area contributed by atoms with Crippen LogP contribution in [0.25, 0.3) is 22.6 Å². The Hall–Kier alpha value is -3.35. The van der Waals surface area contributed by atoms with Crippen molar-refractivity contribution in [3.05, 3.63) is 47.5 Å². The van der Waals surface area contributed by atoms with Gasteiger partial charge in [0, 0.05) is 10.6 Å². The number of anilines is 1. The van der Waals surface area contributed by atoms with Crippen molar-refractivity contribution < 1.29 is 4.42 Å². The molecule has 23 heavy (non-hydrogen) atoms. The van der Waals surface area contributed by atoms with Crippen LogP contribution in [0.1, 0.15) is 0 Å². The maximum atomic E-state index is 8.61. The first-order chi connectivity index (χ1) is 11.2. The highest BCUT2D eigenvalue weighted by molar-refractivity contribution is 6.31. The number of hydrogen-bond acceptors (Lipinski definition) is 6. The normalized spacial score (nSPS) is 9.87. The Balaban J connectivity index is 1.85. The van der Waals surface area contributed by atoms with E-state index in [9.17, 15) is 0 Å². The largest absolute Gasteiger partial charge is 0.436 e. The van der Waals surface area contributed by atoms with Crippen molar-refractivity contribution in [2.24, 2.45) is 5.10 Å². The lowest BCUT2D eigenvalue weighted by molar-refractivity contribution is 0.620. The van der Waals surface area contributed by atoms with E-state index in [4.69, 9.17) is 26.5 Å².